The molecule has 5 fully saturated rings. The summed E-state index contributed by atoms with van der Waals surface area (Å²) in [5.41, 5.74) is 4.23. The number of alkyl halides is 1. The van der Waals surface area contributed by atoms with Gasteiger partial charge in [-0.05, 0) is 105 Å². The summed E-state index contributed by atoms with van der Waals surface area (Å²) < 4.78 is 21.0. The minimum absolute atomic E-state index is 0.0187. The van der Waals surface area contributed by atoms with Gasteiger partial charge in [0.25, 0.3) is 0 Å². The molecule has 4 saturated heterocycles. The largest absolute Gasteiger partial charge is 0.508 e. The topological polar surface area (TPSA) is 78.8 Å². The Morgan fingerprint density at radius 3 is 2.70 bits per heavy atom. The van der Waals surface area contributed by atoms with Gasteiger partial charge in [0.05, 0.1) is 16.7 Å². The van der Waals surface area contributed by atoms with Crippen molar-refractivity contribution in [1.29, 1.82) is 0 Å². The first-order chi connectivity index (χ1) is 21.3. The molecule has 6 heterocycles. The summed E-state index contributed by atoms with van der Waals surface area (Å²) in [4.78, 5) is 26.9. The summed E-state index contributed by atoms with van der Waals surface area (Å²) in [6, 6.07) is 7.78. The van der Waals surface area contributed by atoms with Crippen LogP contribution >= 0.6 is 11.6 Å². The molecule has 1 saturated carbocycles. The molecule has 0 spiro atoms. The number of pyridine rings is 2. The number of fused-ring (bicyclic) bond motifs is 4. The molecule has 2 aromatic heterocycles. The Balaban J connectivity index is 1.19. The van der Waals surface area contributed by atoms with Crippen molar-refractivity contribution in [2.45, 2.75) is 93.4 Å². The van der Waals surface area contributed by atoms with Crippen LogP contribution in [0.3, 0.4) is 0 Å². The molecule has 9 heteroatoms. The molecule has 1 aliphatic carbocycles. The number of nitrogens with zero attached hydrogens (tertiary/aromatic N) is 4. The number of aromatic nitrogens is 2. The maximum Gasteiger partial charge on any atom is 0.246 e. The van der Waals surface area contributed by atoms with Crippen LogP contribution in [0.2, 0.25) is 5.02 Å². The van der Waals surface area contributed by atoms with Gasteiger partial charge in [-0.3, -0.25) is 14.7 Å². The first-order valence-electron chi connectivity index (χ1n) is 16.1. The third-order valence-electron chi connectivity index (χ3n) is 10.9. The summed E-state index contributed by atoms with van der Waals surface area (Å²) >= 11 is 6.64. The number of hydrogen-bond donors (Lipinski definition) is 1. The van der Waals surface area contributed by atoms with Crippen molar-refractivity contribution in [3.05, 3.63) is 59.3 Å². The molecule has 4 unspecified atom stereocenters. The molecule has 2 bridgehead atoms. The lowest BCUT2D eigenvalue weighted by Gasteiger charge is -2.39. The zero-order valence-electron chi connectivity index (χ0n) is 24.9. The van der Waals surface area contributed by atoms with Crippen LogP contribution in [0.15, 0.2) is 43.1 Å². The number of phenols is 1. The lowest BCUT2D eigenvalue weighted by atomic mass is 9.83. The SMILES string of the molecule is C=CC(=O)N1C2CCC1CC(c1cc(OCC34CCCN3CC(F)C4)nc3cc(-c4cc(O)cc(Cl)c4C4CC4)ncc13)C2. The fourth-order valence-corrected chi connectivity index (χ4v) is 9.20. The van der Waals surface area contributed by atoms with Crippen molar-refractivity contribution >= 4 is 28.4 Å². The first kappa shape index (κ1) is 28.3. The van der Waals surface area contributed by atoms with E-state index >= 15 is 0 Å². The molecule has 44 heavy (non-hydrogen) atoms. The van der Waals surface area contributed by atoms with E-state index in [0.717, 1.165) is 91.2 Å². The quantitative estimate of drug-likeness (QED) is 0.291. The predicted molar refractivity (Wildman–Crippen MR) is 168 cm³/mol. The number of halogens is 2. The van der Waals surface area contributed by atoms with Crippen LogP contribution in [0.25, 0.3) is 22.2 Å². The third kappa shape index (κ3) is 4.76. The van der Waals surface area contributed by atoms with Gasteiger partial charge >= 0.3 is 0 Å². The Morgan fingerprint density at radius 1 is 1.16 bits per heavy atom. The second kappa shape index (κ2) is 10.7. The number of carbonyl (C=O) groups is 1. The van der Waals surface area contributed by atoms with Gasteiger partial charge in [0.1, 0.15) is 18.5 Å². The minimum atomic E-state index is -0.818. The summed E-state index contributed by atoms with van der Waals surface area (Å²) in [5, 5.41) is 12.0. The number of rotatable bonds is 7. The second-order valence-corrected chi connectivity index (χ2v) is 14.1. The number of aromatic hydroxyl groups is 1. The maximum absolute atomic E-state index is 14.5. The van der Waals surface area contributed by atoms with E-state index < -0.39 is 6.17 Å². The highest BCUT2D eigenvalue weighted by Crippen LogP contribution is 2.50. The predicted octanol–water partition coefficient (Wildman–Crippen LogP) is 6.91. The van der Waals surface area contributed by atoms with Gasteiger partial charge in [-0.2, -0.15) is 0 Å². The molecule has 0 radical (unpaired) electrons. The van der Waals surface area contributed by atoms with Crippen LogP contribution in [-0.2, 0) is 4.79 Å². The Hall–Kier alpha value is -3.23. The van der Waals surface area contributed by atoms with E-state index in [4.69, 9.17) is 26.3 Å². The molecule has 4 aliphatic heterocycles. The summed E-state index contributed by atoms with van der Waals surface area (Å²) in [7, 11) is 0. The standard InChI is InChI=1S/C35H38ClFN4O3/c1-2-33(43)41-23-6-7-24(41)11-21(10-23)26-14-32(44-19-35-8-3-9-40(35)18-22(37)16-35)39-31-15-30(38-17-28(26)31)27-12-25(42)13-29(36)34(27)20-4-5-20/h2,12-15,17,20-24,42H,1,3-11,16,18-19H2. The Bertz CT molecular complexity index is 1650. The zero-order valence-corrected chi connectivity index (χ0v) is 25.6. The second-order valence-electron chi connectivity index (χ2n) is 13.7. The molecule has 1 aromatic carbocycles. The van der Waals surface area contributed by atoms with Crippen LogP contribution in [-0.4, -0.2) is 74.3 Å². The lowest BCUT2D eigenvalue weighted by Crippen LogP contribution is -2.45. The Morgan fingerprint density at radius 2 is 1.95 bits per heavy atom. The number of carbonyl (C=O) groups excluding carboxylic acids is 1. The molecule has 5 aliphatic rings. The smallest absolute Gasteiger partial charge is 0.246 e. The minimum Gasteiger partial charge on any atom is -0.508 e. The average Bonchev–Trinajstić information content (AvgIpc) is 3.62. The number of ether oxygens (including phenoxy) is 1. The molecule has 3 aromatic rings. The third-order valence-corrected chi connectivity index (χ3v) is 11.2. The fraction of sp³-hybridized carbons (Fsp3) is 0.514. The van der Waals surface area contributed by atoms with Gasteiger partial charge < -0.3 is 14.7 Å². The number of phenolic OH excluding ortho intramolecular Hbond substituents is 1. The van der Waals surface area contributed by atoms with E-state index in [1.54, 1.807) is 12.1 Å². The molecular weight excluding hydrogens is 579 g/mol. The highest BCUT2D eigenvalue weighted by atomic mass is 35.5. The summed E-state index contributed by atoms with van der Waals surface area (Å²) in [6.07, 6.45) is 10.9. The number of hydrogen-bond acceptors (Lipinski definition) is 6. The maximum atomic E-state index is 14.5. The van der Waals surface area contributed by atoms with Crippen LogP contribution in [0, 0.1) is 0 Å². The number of piperidine rings is 1. The van der Waals surface area contributed by atoms with E-state index in [-0.39, 0.29) is 35.2 Å². The van der Waals surface area contributed by atoms with Crippen LogP contribution in [0.1, 0.15) is 80.8 Å². The number of benzene rings is 1. The Labute approximate surface area is 262 Å². The molecule has 230 valence electrons. The van der Waals surface area contributed by atoms with Gasteiger partial charge in [-0.1, -0.05) is 18.2 Å². The van der Waals surface area contributed by atoms with Crippen LogP contribution < -0.4 is 4.74 Å². The Kier molecular flexibility index (Phi) is 6.87. The molecule has 8 rings (SSSR count). The molecular formula is C35H38ClFN4O3. The van der Waals surface area contributed by atoms with E-state index in [1.807, 2.05) is 17.2 Å². The van der Waals surface area contributed by atoms with E-state index in [9.17, 15) is 14.3 Å². The summed E-state index contributed by atoms with van der Waals surface area (Å²) in [5.74, 6) is 1.27. The highest BCUT2D eigenvalue weighted by molar-refractivity contribution is 6.32. The van der Waals surface area contributed by atoms with E-state index in [0.29, 0.717) is 36.4 Å². The number of amides is 1. The van der Waals surface area contributed by atoms with Gasteiger partial charge in [0, 0.05) is 53.3 Å². The molecule has 1 amide bonds. The molecule has 1 N–H and O–H groups in total. The van der Waals surface area contributed by atoms with Crippen molar-refractivity contribution in [2.24, 2.45) is 0 Å². The van der Waals surface area contributed by atoms with Crippen molar-refractivity contribution in [2.75, 3.05) is 19.7 Å². The van der Waals surface area contributed by atoms with Crippen LogP contribution in [0.5, 0.6) is 11.6 Å². The molecule has 4 atom stereocenters. The van der Waals surface area contributed by atoms with Gasteiger partial charge in [0.15, 0.2) is 0 Å². The summed E-state index contributed by atoms with van der Waals surface area (Å²) in [6.45, 7) is 5.54. The fourth-order valence-electron chi connectivity index (χ4n) is 8.84. The van der Waals surface area contributed by atoms with Crippen LogP contribution in [0.4, 0.5) is 4.39 Å². The van der Waals surface area contributed by atoms with Crippen molar-refractivity contribution in [3.63, 3.8) is 0 Å². The highest BCUT2D eigenvalue weighted by Gasteiger charge is 2.49. The normalized spacial score (nSPS) is 29.7. The lowest BCUT2D eigenvalue weighted by molar-refractivity contribution is -0.130. The van der Waals surface area contributed by atoms with Crippen molar-refractivity contribution in [3.8, 4) is 22.9 Å². The van der Waals surface area contributed by atoms with E-state index in [1.165, 1.54) is 6.08 Å². The van der Waals surface area contributed by atoms with E-state index in [2.05, 4.69) is 17.5 Å². The first-order valence-corrected chi connectivity index (χ1v) is 16.5. The average molecular weight is 617 g/mol. The monoisotopic (exact) mass is 616 g/mol. The van der Waals surface area contributed by atoms with Gasteiger partial charge in [0.2, 0.25) is 11.8 Å². The molecule has 7 nitrogen and oxygen atoms in total. The van der Waals surface area contributed by atoms with Crippen molar-refractivity contribution in [1.82, 2.24) is 19.8 Å². The van der Waals surface area contributed by atoms with Crippen molar-refractivity contribution < 1.29 is 19.0 Å². The zero-order chi connectivity index (χ0) is 30.2. The van der Waals surface area contributed by atoms with Gasteiger partial charge in [-0.25, -0.2) is 9.37 Å². The van der Waals surface area contributed by atoms with Gasteiger partial charge in [-0.15, -0.1) is 0 Å².